The Morgan fingerprint density at radius 3 is 3.00 bits per heavy atom. The number of aromatic amines is 1. The highest BCUT2D eigenvalue weighted by atomic mass is 16.5. The minimum atomic E-state index is 0.368. The SMILES string of the molecule is CN=C(NCCc1cc2ccccc2[nH]1)NC1CC2CCC1O2. The van der Waals surface area contributed by atoms with Crippen LogP contribution >= 0.6 is 0 Å². The molecule has 0 saturated carbocycles. The Hall–Kier alpha value is -2.01. The van der Waals surface area contributed by atoms with Crippen LogP contribution in [-0.2, 0) is 11.2 Å². The fourth-order valence-corrected chi connectivity index (χ4v) is 3.74. The van der Waals surface area contributed by atoms with Gasteiger partial charge in [-0.05, 0) is 36.8 Å². The van der Waals surface area contributed by atoms with Gasteiger partial charge in [0.1, 0.15) is 0 Å². The monoisotopic (exact) mass is 312 g/mol. The van der Waals surface area contributed by atoms with Crippen molar-refractivity contribution in [2.24, 2.45) is 4.99 Å². The van der Waals surface area contributed by atoms with Crippen molar-refractivity contribution in [2.45, 2.75) is 43.9 Å². The van der Waals surface area contributed by atoms with E-state index in [1.807, 2.05) is 7.05 Å². The van der Waals surface area contributed by atoms with Gasteiger partial charge in [0, 0.05) is 31.2 Å². The second-order valence-electron chi connectivity index (χ2n) is 6.49. The molecule has 1 aromatic heterocycles. The zero-order valence-corrected chi connectivity index (χ0v) is 13.5. The second-order valence-corrected chi connectivity index (χ2v) is 6.49. The molecule has 2 aliphatic heterocycles. The molecule has 0 spiro atoms. The Kier molecular flexibility index (Phi) is 3.95. The summed E-state index contributed by atoms with van der Waals surface area (Å²) in [5.74, 6) is 0.877. The molecular weight excluding hydrogens is 288 g/mol. The van der Waals surface area contributed by atoms with Crippen LogP contribution in [0.1, 0.15) is 25.0 Å². The highest BCUT2D eigenvalue weighted by molar-refractivity contribution is 5.81. The van der Waals surface area contributed by atoms with Gasteiger partial charge in [0.25, 0.3) is 0 Å². The number of rotatable bonds is 4. The molecule has 5 heteroatoms. The van der Waals surface area contributed by atoms with E-state index < -0.39 is 0 Å². The van der Waals surface area contributed by atoms with Crippen molar-refractivity contribution < 1.29 is 4.74 Å². The first kappa shape index (κ1) is 14.6. The molecule has 122 valence electrons. The average molecular weight is 312 g/mol. The molecule has 2 saturated heterocycles. The van der Waals surface area contributed by atoms with Crippen LogP contribution in [0.2, 0.25) is 0 Å². The molecule has 0 amide bonds. The average Bonchev–Trinajstić information content (AvgIpc) is 3.28. The van der Waals surface area contributed by atoms with Gasteiger partial charge < -0.3 is 20.4 Å². The van der Waals surface area contributed by atoms with Gasteiger partial charge in [-0.2, -0.15) is 0 Å². The molecule has 1 aromatic carbocycles. The zero-order chi connectivity index (χ0) is 15.6. The largest absolute Gasteiger partial charge is 0.373 e. The molecule has 3 heterocycles. The molecule has 2 aromatic rings. The van der Waals surface area contributed by atoms with E-state index in [1.54, 1.807) is 0 Å². The van der Waals surface area contributed by atoms with Gasteiger partial charge >= 0.3 is 0 Å². The summed E-state index contributed by atoms with van der Waals surface area (Å²) in [6.07, 6.45) is 5.27. The first-order valence-corrected chi connectivity index (χ1v) is 8.51. The number of aromatic nitrogens is 1. The van der Waals surface area contributed by atoms with Crippen LogP contribution < -0.4 is 10.6 Å². The third kappa shape index (κ3) is 3.06. The van der Waals surface area contributed by atoms with E-state index in [-0.39, 0.29) is 0 Å². The fourth-order valence-electron chi connectivity index (χ4n) is 3.74. The lowest BCUT2D eigenvalue weighted by atomic mass is 9.96. The minimum absolute atomic E-state index is 0.368. The molecule has 2 fully saturated rings. The Morgan fingerprint density at radius 1 is 1.35 bits per heavy atom. The van der Waals surface area contributed by atoms with Gasteiger partial charge in [0.2, 0.25) is 0 Å². The van der Waals surface area contributed by atoms with Crippen LogP contribution in [-0.4, -0.2) is 42.8 Å². The van der Waals surface area contributed by atoms with Crippen molar-refractivity contribution in [3.8, 4) is 0 Å². The van der Waals surface area contributed by atoms with Gasteiger partial charge in [-0.25, -0.2) is 0 Å². The molecule has 0 aliphatic carbocycles. The molecule has 5 nitrogen and oxygen atoms in total. The lowest BCUT2D eigenvalue weighted by molar-refractivity contribution is 0.0992. The van der Waals surface area contributed by atoms with Crippen molar-refractivity contribution in [3.05, 3.63) is 36.0 Å². The highest BCUT2D eigenvalue weighted by Crippen LogP contribution is 2.34. The van der Waals surface area contributed by atoms with E-state index in [9.17, 15) is 0 Å². The number of fused-ring (bicyclic) bond motifs is 3. The number of para-hydroxylation sites is 1. The number of ether oxygens (including phenoxy) is 1. The third-order valence-corrected chi connectivity index (χ3v) is 4.92. The van der Waals surface area contributed by atoms with E-state index in [1.165, 1.54) is 29.4 Å². The number of guanidine groups is 1. The summed E-state index contributed by atoms with van der Waals surface area (Å²) in [5.41, 5.74) is 2.45. The molecule has 0 radical (unpaired) electrons. The van der Waals surface area contributed by atoms with Crippen LogP contribution in [0, 0.1) is 0 Å². The van der Waals surface area contributed by atoms with Crippen molar-refractivity contribution >= 4 is 16.9 Å². The number of aliphatic imine (C=N–C) groups is 1. The Morgan fingerprint density at radius 2 is 2.26 bits per heavy atom. The molecule has 3 unspecified atom stereocenters. The summed E-state index contributed by atoms with van der Waals surface area (Å²) in [6.45, 7) is 0.855. The second kappa shape index (κ2) is 6.24. The maximum Gasteiger partial charge on any atom is 0.191 e. The van der Waals surface area contributed by atoms with E-state index in [2.05, 4.69) is 50.9 Å². The zero-order valence-electron chi connectivity index (χ0n) is 13.5. The number of nitrogens with zero attached hydrogens (tertiary/aromatic N) is 1. The minimum Gasteiger partial charge on any atom is -0.373 e. The van der Waals surface area contributed by atoms with Crippen LogP contribution in [0.5, 0.6) is 0 Å². The van der Waals surface area contributed by atoms with Crippen molar-refractivity contribution in [1.29, 1.82) is 0 Å². The van der Waals surface area contributed by atoms with Gasteiger partial charge in [0.05, 0.1) is 18.2 Å². The standard InChI is InChI=1S/C18H24N4O/c1-19-18(22-16-11-14-6-7-17(16)23-14)20-9-8-13-10-12-4-2-3-5-15(12)21-13/h2-5,10,14,16-17,21H,6-9,11H2,1H3,(H2,19,20,22). The van der Waals surface area contributed by atoms with E-state index >= 15 is 0 Å². The number of H-pyrrole nitrogens is 1. The molecule has 3 N–H and O–H groups in total. The van der Waals surface area contributed by atoms with E-state index in [0.717, 1.165) is 25.3 Å². The van der Waals surface area contributed by atoms with Gasteiger partial charge in [0.15, 0.2) is 5.96 Å². The summed E-state index contributed by atoms with van der Waals surface area (Å²) >= 11 is 0. The Balaban J connectivity index is 1.29. The molecule has 23 heavy (non-hydrogen) atoms. The molecule has 3 atom stereocenters. The molecule has 2 bridgehead atoms. The lowest BCUT2D eigenvalue weighted by Crippen LogP contribution is -2.47. The predicted octanol–water partition coefficient (Wildman–Crippen LogP) is 2.20. The molecule has 4 rings (SSSR count). The van der Waals surface area contributed by atoms with Crippen LogP contribution in [0.15, 0.2) is 35.3 Å². The fraction of sp³-hybridized carbons (Fsp3) is 0.500. The van der Waals surface area contributed by atoms with E-state index in [0.29, 0.717) is 18.2 Å². The summed E-state index contributed by atoms with van der Waals surface area (Å²) < 4.78 is 5.89. The van der Waals surface area contributed by atoms with Crippen molar-refractivity contribution in [3.63, 3.8) is 0 Å². The third-order valence-electron chi connectivity index (χ3n) is 4.92. The summed E-state index contributed by atoms with van der Waals surface area (Å²) in [4.78, 5) is 7.80. The maximum atomic E-state index is 5.89. The first-order valence-electron chi connectivity index (χ1n) is 8.51. The first-order chi connectivity index (χ1) is 11.3. The van der Waals surface area contributed by atoms with Gasteiger partial charge in [-0.1, -0.05) is 18.2 Å². The van der Waals surface area contributed by atoms with Gasteiger partial charge in [-0.3, -0.25) is 4.99 Å². The Bertz CT molecular complexity index is 675. The number of benzene rings is 1. The van der Waals surface area contributed by atoms with Crippen molar-refractivity contribution in [1.82, 2.24) is 15.6 Å². The van der Waals surface area contributed by atoms with E-state index in [4.69, 9.17) is 4.74 Å². The van der Waals surface area contributed by atoms with Crippen LogP contribution in [0.25, 0.3) is 10.9 Å². The number of hydrogen-bond donors (Lipinski definition) is 3. The van der Waals surface area contributed by atoms with Crippen LogP contribution in [0.4, 0.5) is 0 Å². The summed E-state index contributed by atoms with van der Waals surface area (Å²) in [7, 11) is 1.83. The topological polar surface area (TPSA) is 61.4 Å². The normalized spacial score (nSPS) is 26.8. The maximum absolute atomic E-state index is 5.89. The number of hydrogen-bond acceptors (Lipinski definition) is 2. The summed E-state index contributed by atoms with van der Waals surface area (Å²) in [6, 6.07) is 11.0. The lowest BCUT2D eigenvalue weighted by Gasteiger charge is -2.22. The van der Waals surface area contributed by atoms with Crippen molar-refractivity contribution in [2.75, 3.05) is 13.6 Å². The molecule has 2 aliphatic rings. The quantitative estimate of drug-likeness (QED) is 0.599. The molecular formula is C18H24N4O. The van der Waals surface area contributed by atoms with Crippen LogP contribution in [0.3, 0.4) is 0 Å². The number of nitrogens with one attached hydrogen (secondary N) is 3. The summed E-state index contributed by atoms with van der Waals surface area (Å²) in [5, 5.41) is 8.19. The highest BCUT2D eigenvalue weighted by Gasteiger charge is 2.41. The van der Waals surface area contributed by atoms with Gasteiger partial charge in [-0.15, -0.1) is 0 Å². The smallest absolute Gasteiger partial charge is 0.191 e. The predicted molar refractivity (Wildman–Crippen MR) is 92.8 cm³/mol. The Labute approximate surface area is 136 Å².